The van der Waals surface area contributed by atoms with Gasteiger partial charge in [-0.05, 0) is 16.4 Å². The molecule has 1 N–H and O–H groups in total. The summed E-state index contributed by atoms with van der Waals surface area (Å²) >= 11 is 0. The lowest BCUT2D eigenvalue weighted by Gasteiger charge is -2.12. The average molecular weight is 350 g/mol. The molecule has 1 unspecified atom stereocenters. The van der Waals surface area contributed by atoms with Crippen molar-refractivity contribution >= 4 is 32.5 Å². The number of nitrogens with one attached hydrogen (secondary N) is 1. The number of hydrogen-bond donors (Lipinski definition) is 1. The number of fused-ring (bicyclic) bond motifs is 1. The second-order valence-electron chi connectivity index (χ2n) is 4.89. The maximum absolute atomic E-state index is 12.4. The summed E-state index contributed by atoms with van der Waals surface area (Å²) in [6, 6.07) is 9.58. The van der Waals surface area contributed by atoms with Crippen LogP contribution in [0.1, 0.15) is 5.56 Å². The molecule has 0 aromatic heterocycles. The first kappa shape index (κ1) is 15.8. The van der Waals surface area contributed by atoms with Crippen LogP contribution in [0.25, 0.3) is 0 Å². The van der Waals surface area contributed by atoms with E-state index in [0.29, 0.717) is 17.1 Å². The van der Waals surface area contributed by atoms with Crippen LogP contribution in [0.4, 0.5) is 0 Å². The average Bonchev–Trinajstić information content (AvgIpc) is 3.03. The second kappa shape index (κ2) is 6.21. The normalized spacial score (nSPS) is 20.2. The zero-order chi connectivity index (χ0) is 16.6. The Balaban J connectivity index is 1.95. The van der Waals surface area contributed by atoms with Gasteiger partial charge in [0.15, 0.2) is 0 Å². The van der Waals surface area contributed by atoms with E-state index in [1.165, 1.54) is 12.0 Å². The topological polar surface area (TPSA) is 75.7 Å². The Labute approximate surface area is 139 Å². The van der Waals surface area contributed by atoms with E-state index in [1.54, 1.807) is 7.05 Å². The van der Waals surface area contributed by atoms with Crippen LogP contribution in [0.5, 0.6) is 0 Å². The maximum atomic E-state index is 12.4. The predicted octanol–water partition coefficient (Wildman–Crippen LogP) is 1.25. The Hall–Kier alpha value is -2.06. The highest BCUT2D eigenvalue weighted by Crippen LogP contribution is 2.47. The quantitative estimate of drug-likeness (QED) is 0.651. The van der Waals surface area contributed by atoms with Crippen LogP contribution in [0.3, 0.4) is 0 Å². The highest BCUT2D eigenvalue weighted by molar-refractivity contribution is 8.73. The van der Waals surface area contributed by atoms with Gasteiger partial charge in [0.2, 0.25) is 0 Å². The van der Waals surface area contributed by atoms with E-state index in [4.69, 9.17) is 4.74 Å². The van der Waals surface area contributed by atoms with E-state index in [-0.39, 0.29) is 16.5 Å². The molecule has 3 rings (SSSR count). The smallest absolute Gasteiger partial charge is 0.347 e. The number of nitrogens with zero attached hydrogens (tertiary/aromatic N) is 1. The third kappa shape index (κ3) is 2.68. The minimum absolute atomic E-state index is 0.202. The second-order valence-corrected chi connectivity index (χ2v) is 7.76. The van der Waals surface area contributed by atoms with Gasteiger partial charge in [-0.25, -0.2) is 9.00 Å². The first-order chi connectivity index (χ1) is 11.0. The molecule has 0 aliphatic carbocycles. The van der Waals surface area contributed by atoms with Gasteiger partial charge >= 0.3 is 5.97 Å². The fourth-order valence-electron chi connectivity index (χ4n) is 2.38. The van der Waals surface area contributed by atoms with Crippen LogP contribution < -0.4 is 5.32 Å². The minimum Gasteiger partial charge on any atom is -0.465 e. The minimum atomic E-state index is -1.51. The molecule has 1 atom stereocenters. The molecular formula is C15H14N2O4S2. The monoisotopic (exact) mass is 350 g/mol. The van der Waals surface area contributed by atoms with Crippen molar-refractivity contribution in [2.24, 2.45) is 0 Å². The zero-order valence-corrected chi connectivity index (χ0v) is 14.1. The number of rotatable bonds is 4. The molecular weight excluding hydrogens is 336 g/mol. The third-order valence-corrected chi connectivity index (χ3v) is 6.38. The largest absolute Gasteiger partial charge is 0.465 e. The number of carbonyl (C=O) groups excluding carboxylic acids is 2. The molecule has 1 amide bonds. The lowest BCUT2D eigenvalue weighted by molar-refractivity contribution is -0.135. The molecule has 0 spiro atoms. The molecule has 23 heavy (non-hydrogen) atoms. The van der Waals surface area contributed by atoms with Crippen molar-refractivity contribution in [2.45, 2.75) is 6.54 Å². The lowest BCUT2D eigenvalue weighted by atomic mass is 10.2. The van der Waals surface area contributed by atoms with Crippen LogP contribution in [-0.4, -0.2) is 35.1 Å². The van der Waals surface area contributed by atoms with Gasteiger partial charge in [0.25, 0.3) is 5.91 Å². The zero-order valence-electron chi connectivity index (χ0n) is 12.5. The molecule has 6 nitrogen and oxygen atoms in total. The van der Waals surface area contributed by atoms with Crippen molar-refractivity contribution in [2.75, 3.05) is 14.2 Å². The molecule has 0 radical (unpaired) electrons. The molecule has 0 saturated carbocycles. The van der Waals surface area contributed by atoms with Crippen molar-refractivity contribution < 1.29 is 18.5 Å². The van der Waals surface area contributed by atoms with Crippen molar-refractivity contribution in [3.63, 3.8) is 0 Å². The Morgan fingerprint density at radius 1 is 1.35 bits per heavy atom. The predicted molar refractivity (Wildman–Crippen MR) is 87.9 cm³/mol. The number of methoxy groups -OCH3 is 1. The summed E-state index contributed by atoms with van der Waals surface area (Å²) in [6.45, 7) is 0.432. The molecule has 1 aromatic rings. The van der Waals surface area contributed by atoms with Crippen molar-refractivity contribution in [1.29, 1.82) is 0 Å². The fourth-order valence-corrected chi connectivity index (χ4v) is 5.50. The Morgan fingerprint density at radius 3 is 2.70 bits per heavy atom. The summed E-state index contributed by atoms with van der Waals surface area (Å²) < 4.78 is 17.1. The number of carbonyl (C=O) groups is 2. The molecule has 0 saturated heterocycles. The SMILES string of the molecule is COC(=O)C1=C2C(=C(NCc3ccccc3)C(=O)N2C)S(=O)S1. The molecule has 120 valence electrons. The van der Waals surface area contributed by atoms with Gasteiger partial charge in [0.1, 0.15) is 25.3 Å². The van der Waals surface area contributed by atoms with E-state index in [9.17, 15) is 13.8 Å². The Kier molecular flexibility index (Phi) is 4.27. The number of likely N-dealkylation sites (N-methyl/N-ethyl adjacent to an activating group) is 1. The molecule has 1 aromatic carbocycles. The molecule has 2 heterocycles. The lowest BCUT2D eigenvalue weighted by Crippen LogP contribution is -2.27. The van der Waals surface area contributed by atoms with Crippen LogP contribution >= 0.6 is 10.8 Å². The summed E-state index contributed by atoms with van der Waals surface area (Å²) in [5.74, 6) is -0.890. The van der Waals surface area contributed by atoms with Crippen LogP contribution in [0.2, 0.25) is 0 Å². The van der Waals surface area contributed by atoms with E-state index in [2.05, 4.69) is 5.32 Å². The summed E-state index contributed by atoms with van der Waals surface area (Å²) in [5.41, 5.74) is 1.65. The molecule has 2 aliphatic rings. The van der Waals surface area contributed by atoms with Gasteiger partial charge in [0.05, 0.1) is 12.8 Å². The molecule has 0 bridgehead atoms. The summed E-state index contributed by atoms with van der Waals surface area (Å²) in [4.78, 5) is 26.1. The van der Waals surface area contributed by atoms with Crippen LogP contribution in [0, 0.1) is 0 Å². The van der Waals surface area contributed by atoms with Gasteiger partial charge in [-0.3, -0.25) is 4.79 Å². The third-order valence-electron chi connectivity index (χ3n) is 3.52. The van der Waals surface area contributed by atoms with E-state index < -0.39 is 15.8 Å². The highest BCUT2D eigenvalue weighted by atomic mass is 33.1. The summed E-state index contributed by atoms with van der Waals surface area (Å²) in [5, 5.41) is 3.05. The maximum Gasteiger partial charge on any atom is 0.347 e. The van der Waals surface area contributed by atoms with Gasteiger partial charge in [-0.1, -0.05) is 30.3 Å². The van der Waals surface area contributed by atoms with Gasteiger partial charge < -0.3 is 15.0 Å². The molecule has 2 aliphatic heterocycles. The first-order valence-corrected chi connectivity index (χ1v) is 9.26. The van der Waals surface area contributed by atoms with E-state index in [0.717, 1.165) is 16.4 Å². The highest BCUT2D eigenvalue weighted by Gasteiger charge is 2.45. The molecule has 0 fully saturated rings. The van der Waals surface area contributed by atoms with E-state index in [1.807, 2.05) is 30.3 Å². The number of esters is 1. The van der Waals surface area contributed by atoms with Crippen molar-refractivity contribution in [3.8, 4) is 0 Å². The van der Waals surface area contributed by atoms with Crippen LogP contribution in [0.15, 0.2) is 51.5 Å². The number of hydrogen-bond acceptors (Lipinski definition) is 6. The number of amides is 1. The standard InChI is InChI=1S/C15H14N2O4S2/c1-17-11-12(15(19)21-2)22-23(20)13(11)10(14(17)18)16-8-9-6-4-3-5-7-9/h3-7,16H,8H2,1-2H3. The van der Waals surface area contributed by atoms with Crippen LogP contribution in [-0.2, 0) is 30.7 Å². The summed E-state index contributed by atoms with van der Waals surface area (Å²) in [6.07, 6.45) is 0. The number of ether oxygens (including phenoxy) is 1. The fraction of sp³-hybridized carbons (Fsp3) is 0.200. The Morgan fingerprint density at radius 2 is 2.04 bits per heavy atom. The summed E-state index contributed by atoms with van der Waals surface area (Å²) in [7, 11) is 2.21. The van der Waals surface area contributed by atoms with Crippen molar-refractivity contribution in [1.82, 2.24) is 10.2 Å². The van der Waals surface area contributed by atoms with Gasteiger partial charge in [-0.2, -0.15) is 0 Å². The van der Waals surface area contributed by atoms with E-state index >= 15 is 0 Å². The number of benzene rings is 1. The van der Waals surface area contributed by atoms with Gasteiger partial charge in [-0.15, -0.1) is 0 Å². The molecule has 8 heteroatoms. The van der Waals surface area contributed by atoms with Crippen molar-refractivity contribution in [3.05, 3.63) is 57.1 Å². The Bertz CT molecular complexity index is 771. The first-order valence-electron chi connectivity index (χ1n) is 6.77. The van der Waals surface area contributed by atoms with Gasteiger partial charge in [0, 0.05) is 13.6 Å².